The lowest BCUT2D eigenvalue weighted by Gasteiger charge is -2.18. The molecule has 124 valence electrons. The Morgan fingerprint density at radius 2 is 1.54 bits per heavy atom. The van der Waals surface area contributed by atoms with Crippen LogP contribution in [0.25, 0.3) is 0 Å². The maximum absolute atomic E-state index is 12.1. The van der Waals surface area contributed by atoms with E-state index in [0.717, 1.165) is 11.1 Å². The second-order valence-electron chi connectivity index (χ2n) is 5.38. The molecule has 2 rings (SSSR count). The van der Waals surface area contributed by atoms with Crippen LogP contribution in [0.1, 0.15) is 17.0 Å². The average molecular weight is 322 g/mol. The molecule has 3 nitrogen and oxygen atoms in total. The number of carbonyl (C=O) groups excluding carboxylic acids is 1. The van der Waals surface area contributed by atoms with Crippen molar-refractivity contribution < 1.29 is 14.3 Å². The fraction of sp³-hybridized carbons (Fsp3) is 0.190. The van der Waals surface area contributed by atoms with Crippen molar-refractivity contribution in [3.05, 3.63) is 96.6 Å². The molecule has 0 fully saturated rings. The van der Waals surface area contributed by atoms with Gasteiger partial charge >= 0.3 is 5.97 Å². The van der Waals surface area contributed by atoms with E-state index in [-0.39, 0.29) is 19.1 Å². The zero-order valence-electron chi connectivity index (χ0n) is 13.7. The molecule has 3 heteroatoms. The van der Waals surface area contributed by atoms with E-state index in [1.54, 1.807) is 6.08 Å². The van der Waals surface area contributed by atoms with Crippen molar-refractivity contribution >= 4 is 5.97 Å². The SMILES string of the molecule is C=CCOCC(=C)C(=O)OCC(c1ccccc1)c1ccccc1. The van der Waals surface area contributed by atoms with Crippen LogP contribution in [0.3, 0.4) is 0 Å². The number of carbonyl (C=O) groups is 1. The quantitative estimate of drug-likeness (QED) is 0.301. The lowest BCUT2D eigenvalue weighted by Crippen LogP contribution is -2.17. The molecule has 0 aromatic heterocycles. The number of ether oxygens (including phenoxy) is 2. The smallest absolute Gasteiger partial charge is 0.335 e. The van der Waals surface area contributed by atoms with Gasteiger partial charge in [-0.05, 0) is 11.1 Å². The normalized spacial score (nSPS) is 10.4. The van der Waals surface area contributed by atoms with Crippen LogP contribution < -0.4 is 0 Å². The molecule has 0 bridgehead atoms. The summed E-state index contributed by atoms with van der Waals surface area (Å²) in [5.41, 5.74) is 2.51. The van der Waals surface area contributed by atoms with Gasteiger partial charge in [-0.1, -0.05) is 73.3 Å². The summed E-state index contributed by atoms with van der Waals surface area (Å²) in [5.74, 6) is -0.450. The van der Waals surface area contributed by atoms with Crippen LogP contribution in [0.15, 0.2) is 85.5 Å². The summed E-state index contributed by atoms with van der Waals surface area (Å²) in [6.07, 6.45) is 1.62. The van der Waals surface area contributed by atoms with Gasteiger partial charge in [0.2, 0.25) is 0 Å². The molecule has 24 heavy (non-hydrogen) atoms. The molecule has 0 radical (unpaired) electrons. The molecule has 0 aliphatic rings. The fourth-order valence-electron chi connectivity index (χ4n) is 2.34. The third kappa shape index (κ3) is 5.21. The Labute approximate surface area is 143 Å². The monoisotopic (exact) mass is 322 g/mol. The first kappa shape index (κ1) is 17.7. The summed E-state index contributed by atoms with van der Waals surface area (Å²) in [4.78, 5) is 12.1. The third-order valence-corrected chi connectivity index (χ3v) is 3.59. The molecule has 2 aromatic carbocycles. The number of rotatable bonds is 9. The second kappa shape index (κ2) is 9.48. The highest BCUT2D eigenvalue weighted by Gasteiger charge is 2.17. The van der Waals surface area contributed by atoms with Gasteiger partial charge in [0.1, 0.15) is 6.61 Å². The zero-order valence-corrected chi connectivity index (χ0v) is 13.7. The molecule has 0 saturated heterocycles. The van der Waals surface area contributed by atoms with Crippen LogP contribution in [0.5, 0.6) is 0 Å². The maximum Gasteiger partial charge on any atom is 0.335 e. The Morgan fingerprint density at radius 3 is 2.04 bits per heavy atom. The molecule has 0 spiro atoms. The van der Waals surface area contributed by atoms with Crippen molar-refractivity contribution in [3.63, 3.8) is 0 Å². The van der Waals surface area contributed by atoms with Gasteiger partial charge in [-0.15, -0.1) is 6.58 Å². The van der Waals surface area contributed by atoms with Crippen LogP contribution in [0, 0.1) is 0 Å². The van der Waals surface area contributed by atoms with Crippen molar-refractivity contribution in [1.82, 2.24) is 0 Å². The molecule has 0 aliphatic carbocycles. The molecule has 0 N–H and O–H groups in total. The number of esters is 1. The van der Waals surface area contributed by atoms with Gasteiger partial charge in [-0.3, -0.25) is 0 Å². The first-order valence-electron chi connectivity index (χ1n) is 7.85. The minimum absolute atomic E-state index is 0.0155. The summed E-state index contributed by atoms with van der Waals surface area (Å²) < 4.78 is 10.7. The van der Waals surface area contributed by atoms with E-state index in [0.29, 0.717) is 12.2 Å². The highest BCUT2D eigenvalue weighted by Crippen LogP contribution is 2.25. The summed E-state index contributed by atoms with van der Waals surface area (Å²) in [6, 6.07) is 20.0. The van der Waals surface area contributed by atoms with E-state index in [1.807, 2.05) is 60.7 Å². The molecule has 0 heterocycles. The molecule has 0 amide bonds. The summed E-state index contributed by atoms with van der Waals surface area (Å²) >= 11 is 0. The van der Waals surface area contributed by atoms with Gasteiger partial charge < -0.3 is 9.47 Å². The van der Waals surface area contributed by atoms with E-state index < -0.39 is 5.97 Å². The fourth-order valence-corrected chi connectivity index (χ4v) is 2.34. The standard InChI is InChI=1S/C21H22O3/c1-3-14-23-15-17(2)21(22)24-16-20(18-10-6-4-7-11-18)19-12-8-5-9-13-19/h3-13,20H,1-2,14-16H2. The first-order chi connectivity index (χ1) is 11.7. The molecule has 0 unspecified atom stereocenters. The maximum atomic E-state index is 12.1. The van der Waals surface area contributed by atoms with Gasteiger partial charge in [-0.25, -0.2) is 4.79 Å². The summed E-state index contributed by atoms with van der Waals surface area (Å²) in [7, 11) is 0. The predicted molar refractivity (Wildman–Crippen MR) is 95.8 cm³/mol. The largest absolute Gasteiger partial charge is 0.461 e. The van der Waals surface area contributed by atoms with E-state index in [9.17, 15) is 4.79 Å². The van der Waals surface area contributed by atoms with Gasteiger partial charge in [0, 0.05) is 5.92 Å². The highest BCUT2D eigenvalue weighted by molar-refractivity contribution is 5.88. The van der Waals surface area contributed by atoms with Crippen molar-refractivity contribution in [2.45, 2.75) is 5.92 Å². The number of benzene rings is 2. The minimum Gasteiger partial charge on any atom is -0.461 e. The van der Waals surface area contributed by atoms with Crippen molar-refractivity contribution in [2.75, 3.05) is 19.8 Å². The van der Waals surface area contributed by atoms with Gasteiger partial charge in [0.15, 0.2) is 0 Å². The van der Waals surface area contributed by atoms with Crippen molar-refractivity contribution in [3.8, 4) is 0 Å². The van der Waals surface area contributed by atoms with Crippen molar-refractivity contribution in [1.29, 1.82) is 0 Å². The Bertz CT molecular complexity index is 622. The number of hydrogen-bond acceptors (Lipinski definition) is 3. The first-order valence-corrected chi connectivity index (χ1v) is 7.85. The Kier molecular flexibility index (Phi) is 6.99. The number of hydrogen-bond donors (Lipinski definition) is 0. The van der Waals surface area contributed by atoms with E-state index in [1.165, 1.54) is 0 Å². The van der Waals surface area contributed by atoms with Crippen LogP contribution >= 0.6 is 0 Å². The van der Waals surface area contributed by atoms with E-state index >= 15 is 0 Å². The lowest BCUT2D eigenvalue weighted by atomic mass is 9.92. The third-order valence-electron chi connectivity index (χ3n) is 3.59. The Balaban J connectivity index is 2.03. The molecular weight excluding hydrogens is 300 g/mol. The average Bonchev–Trinajstić information content (AvgIpc) is 2.63. The molecule has 0 aliphatic heterocycles. The van der Waals surface area contributed by atoms with Gasteiger partial charge in [0.25, 0.3) is 0 Å². The van der Waals surface area contributed by atoms with Crippen molar-refractivity contribution in [2.24, 2.45) is 0 Å². The minimum atomic E-state index is -0.434. The topological polar surface area (TPSA) is 35.5 Å². The molecule has 0 saturated carbocycles. The summed E-state index contributed by atoms with van der Waals surface area (Å²) in [5, 5.41) is 0. The lowest BCUT2D eigenvalue weighted by molar-refractivity contribution is -0.139. The van der Waals surface area contributed by atoms with Gasteiger partial charge in [-0.2, -0.15) is 0 Å². The van der Waals surface area contributed by atoms with Crippen LogP contribution in [0.4, 0.5) is 0 Å². The van der Waals surface area contributed by atoms with E-state index in [4.69, 9.17) is 9.47 Å². The highest BCUT2D eigenvalue weighted by atomic mass is 16.5. The molecule has 0 atom stereocenters. The predicted octanol–water partition coefficient (Wildman–Crippen LogP) is 4.12. The van der Waals surface area contributed by atoms with E-state index in [2.05, 4.69) is 13.2 Å². The van der Waals surface area contributed by atoms with Gasteiger partial charge in [0.05, 0.1) is 18.8 Å². The second-order valence-corrected chi connectivity index (χ2v) is 5.38. The Morgan fingerprint density at radius 1 is 1.00 bits per heavy atom. The molecule has 2 aromatic rings. The zero-order chi connectivity index (χ0) is 17.2. The summed E-state index contributed by atoms with van der Waals surface area (Å²) in [6.45, 7) is 8.05. The Hall–Kier alpha value is -2.65. The van der Waals surface area contributed by atoms with Crippen LogP contribution in [0.2, 0.25) is 0 Å². The van der Waals surface area contributed by atoms with Crippen LogP contribution in [-0.4, -0.2) is 25.8 Å². The van der Waals surface area contributed by atoms with Crippen LogP contribution in [-0.2, 0) is 14.3 Å². The molecular formula is C21H22O3.